The predicted molar refractivity (Wildman–Crippen MR) is 106 cm³/mol. The number of hydrogen-bond acceptors (Lipinski definition) is 7. The van der Waals surface area contributed by atoms with E-state index in [1.807, 2.05) is 0 Å². The Kier molecular flexibility index (Phi) is 4.32. The second-order valence-electron chi connectivity index (χ2n) is 6.12. The number of anilines is 2. The maximum atomic E-state index is 11.6. The summed E-state index contributed by atoms with van der Waals surface area (Å²) in [5, 5.41) is 22.7. The number of carbonyl (C=O) groups excluding carboxylic acids is 1. The van der Waals surface area contributed by atoms with E-state index in [1.165, 1.54) is 30.3 Å². The van der Waals surface area contributed by atoms with E-state index in [0.717, 1.165) is 5.56 Å². The third-order valence-corrected chi connectivity index (χ3v) is 4.26. The van der Waals surface area contributed by atoms with Gasteiger partial charge in [-0.3, -0.25) is 4.79 Å². The summed E-state index contributed by atoms with van der Waals surface area (Å²) in [7, 11) is 0. The monoisotopic (exact) mass is 390 g/mol. The molecule has 1 aliphatic heterocycles. The SMILES string of the molecule is NC(=O)c1ccc(Nc2oc(C=C3C=Nc4ncccc43)c(O)c2C(=O)O)cc1. The summed E-state index contributed by atoms with van der Waals surface area (Å²) in [5.74, 6) is -2.15. The number of primary amides is 1. The lowest BCUT2D eigenvalue weighted by atomic mass is 10.1. The Bertz CT molecular complexity index is 1190. The quantitative estimate of drug-likeness (QED) is 0.522. The van der Waals surface area contributed by atoms with E-state index < -0.39 is 23.2 Å². The average molecular weight is 390 g/mol. The van der Waals surface area contributed by atoms with E-state index in [2.05, 4.69) is 15.3 Å². The number of carboxylic acid groups (broad SMARTS) is 1. The minimum Gasteiger partial charge on any atom is -0.504 e. The van der Waals surface area contributed by atoms with E-state index in [4.69, 9.17) is 10.2 Å². The number of hydrogen-bond donors (Lipinski definition) is 4. The van der Waals surface area contributed by atoms with Crippen molar-refractivity contribution in [3.05, 3.63) is 65.0 Å². The van der Waals surface area contributed by atoms with Gasteiger partial charge in [0, 0.05) is 34.8 Å². The highest BCUT2D eigenvalue weighted by atomic mass is 16.4. The van der Waals surface area contributed by atoms with Crippen molar-refractivity contribution in [3.63, 3.8) is 0 Å². The third-order valence-electron chi connectivity index (χ3n) is 4.26. The zero-order chi connectivity index (χ0) is 20.5. The van der Waals surface area contributed by atoms with Crippen LogP contribution in [0.3, 0.4) is 0 Å². The number of carboxylic acids is 1. The van der Waals surface area contributed by atoms with E-state index in [9.17, 15) is 19.8 Å². The van der Waals surface area contributed by atoms with Crippen LogP contribution in [0, 0.1) is 0 Å². The average Bonchev–Trinajstić information content (AvgIpc) is 3.24. The van der Waals surface area contributed by atoms with Crippen LogP contribution in [-0.4, -0.2) is 33.3 Å². The normalized spacial score (nSPS) is 13.4. The van der Waals surface area contributed by atoms with Crippen LogP contribution >= 0.6 is 0 Å². The fourth-order valence-electron chi connectivity index (χ4n) is 2.85. The van der Waals surface area contributed by atoms with Gasteiger partial charge in [0.05, 0.1) is 0 Å². The van der Waals surface area contributed by atoms with Crippen molar-refractivity contribution in [2.24, 2.45) is 10.7 Å². The van der Waals surface area contributed by atoms with Gasteiger partial charge in [0.25, 0.3) is 0 Å². The van der Waals surface area contributed by atoms with Crippen molar-refractivity contribution in [2.75, 3.05) is 5.32 Å². The molecule has 5 N–H and O–H groups in total. The number of carbonyl (C=O) groups is 2. The standard InChI is InChI=1S/C20H14N4O5/c21-17(26)10-3-5-12(6-4-10)24-19-15(20(27)28)16(25)14(29-19)8-11-9-23-18-13(11)2-1-7-22-18/h1-9,24-25H,(H2,21,26)(H,27,28). The lowest BCUT2D eigenvalue weighted by Gasteiger charge is -2.04. The molecule has 0 saturated carbocycles. The molecule has 3 aromatic rings. The van der Waals surface area contributed by atoms with Gasteiger partial charge >= 0.3 is 5.97 Å². The molecule has 0 spiro atoms. The van der Waals surface area contributed by atoms with Crippen LogP contribution in [0.15, 0.2) is 52.0 Å². The highest BCUT2D eigenvalue weighted by Crippen LogP contribution is 2.38. The summed E-state index contributed by atoms with van der Waals surface area (Å²) >= 11 is 0. The topological polar surface area (TPSA) is 151 Å². The zero-order valence-electron chi connectivity index (χ0n) is 14.8. The van der Waals surface area contributed by atoms with Crippen molar-refractivity contribution in [3.8, 4) is 5.75 Å². The maximum Gasteiger partial charge on any atom is 0.345 e. The van der Waals surface area contributed by atoms with Crippen molar-refractivity contribution in [1.82, 2.24) is 4.98 Å². The van der Waals surface area contributed by atoms with Crippen LogP contribution in [0.25, 0.3) is 11.6 Å². The molecule has 0 radical (unpaired) electrons. The van der Waals surface area contributed by atoms with Crippen LogP contribution < -0.4 is 11.1 Å². The Morgan fingerprint density at radius 2 is 1.93 bits per heavy atom. The third kappa shape index (κ3) is 3.32. The van der Waals surface area contributed by atoms with E-state index in [1.54, 1.807) is 24.5 Å². The molecule has 29 heavy (non-hydrogen) atoms. The minimum absolute atomic E-state index is 0.0446. The van der Waals surface area contributed by atoms with E-state index >= 15 is 0 Å². The second kappa shape index (κ2) is 6.97. The van der Waals surface area contributed by atoms with Crippen LogP contribution in [0.4, 0.5) is 17.4 Å². The van der Waals surface area contributed by atoms with Crippen molar-refractivity contribution in [2.45, 2.75) is 0 Å². The van der Waals surface area contributed by atoms with Crippen LogP contribution in [-0.2, 0) is 0 Å². The van der Waals surface area contributed by atoms with Crippen LogP contribution in [0.1, 0.15) is 32.0 Å². The first-order valence-electron chi connectivity index (χ1n) is 8.41. The number of aromatic hydroxyl groups is 1. The molecule has 9 heteroatoms. The number of nitrogens with two attached hydrogens (primary N) is 1. The highest BCUT2D eigenvalue weighted by Gasteiger charge is 2.26. The number of nitrogens with one attached hydrogen (secondary N) is 1. The molecule has 144 valence electrons. The minimum atomic E-state index is -1.37. The number of benzene rings is 1. The number of amides is 1. The Morgan fingerprint density at radius 3 is 2.62 bits per heavy atom. The molecule has 1 aromatic carbocycles. The van der Waals surface area contributed by atoms with Gasteiger partial charge in [0.1, 0.15) is 0 Å². The van der Waals surface area contributed by atoms with Gasteiger partial charge in [-0.15, -0.1) is 0 Å². The Labute approximate surface area is 163 Å². The van der Waals surface area contributed by atoms with Crippen LogP contribution in [0.2, 0.25) is 0 Å². The molecule has 1 aliphatic rings. The Morgan fingerprint density at radius 1 is 1.17 bits per heavy atom. The first-order valence-corrected chi connectivity index (χ1v) is 8.41. The highest BCUT2D eigenvalue weighted by molar-refractivity contribution is 6.21. The largest absolute Gasteiger partial charge is 0.504 e. The molecule has 0 fully saturated rings. The van der Waals surface area contributed by atoms with Gasteiger partial charge in [-0.25, -0.2) is 14.8 Å². The fraction of sp³-hybridized carbons (Fsp3) is 0. The van der Waals surface area contributed by atoms with Crippen LogP contribution in [0.5, 0.6) is 5.75 Å². The number of nitrogens with zero attached hydrogens (tertiary/aromatic N) is 2. The first kappa shape index (κ1) is 18.0. The number of aliphatic imine (C=N–C) groups is 1. The summed E-state index contributed by atoms with van der Waals surface area (Å²) in [6.07, 6.45) is 4.65. The molecule has 0 bridgehead atoms. The van der Waals surface area contributed by atoms with Gasteiger partial charge in [-0.1, -0.05) is 0 Å². The summed E-state index contributed by atoms with van der Waals surface area (Å²) in [5.41, 5.74) is 6.88. The van der Waals surface area contributed by atoms with E-state index in [-0.39, 0.29) is 11.6 Å². The molecule has 0 unspecified atom stereocenters. The van der Waals surface area contributed by atoms with Gasteiger partial charge in [-0.2, -0.15) is 0 Å². The summed E-state index contributed by atoms with van der Waals surface area (Å²) in [4.78, 5) is 31.1. The molecule has 4 rings (SSSR count). The molecule has 9 nitrogen and oxygen atoms in total. The summed E-state index contributed by atoms with van der Waals surface area (Å²) < 4.78 is 5.57. The lowest BCUT2D eigenvalue weighted by molar-refractivity contribution is 0.0694. The smallest absolute Gasteiger partial charge is 0.345 e. The predicted octanol–water partition coefficient (Wildman–Crippen LogP) is 3.18. The van der Waals surface area contributed by atoms with E-state index in [0.29, 0.717) is 22.6 Å². The lowest BCUT2D eigenvalue weighted by Crippen LogP contribution is -2.10. The van der Waals surface area contributed by atoms with Gasteiger partial charge in [0.2, 0.25) is 11.8 Å². The molecule has 1 amide bonds. The number of aromatic carboxylic acids is 1. The molecule has 2 aromatic heterocycles. The molecule has 0 aliphatic carbocycles. The Balaban J connectivity index is 1.71. The Hall–Kier alpha value is -4.40. The first-order chi connectivity index (χ1) is 13.9. The number of fused-ring (bicyclic) bond motifs is 1. The molecule has 0 saturated heterocycles. The van der Waals surface area contributed by atoms with Gasteiger partial charge < -0.3 is 25.7 Å². The number of allylic oxidation sites excluding steroid dienone is 1. The second-order valence-corrected chi connectivity index (χ2v) is 6.12. The summed E-state index contributed by atoms with van der Waals surface area (Å²) in [6, 6.07) is 9.59. The molecular weight excluding hydrogens is 376 g/mol. The van der Waals surface area contributed by atoms with Gasteiger partial charge in [-0.05, 0) is 42.5 Å². The van der Waals surface area contributed by atoms with Crippen molar-refractivity contribution < 1.29 is 24.2 Å². The van der Waals surface area contributed by atoms with Crippen molar-refractivity contribution in [1.29, 1.82) is 0 Å². The molecular formula is C20H14N4O5. The van der Waals surface area contributed by atoms with Gasteiger partial charge in [0.15, 0.2) is 22.9 Å². The number of rotatable bonds is 5. The number of pyridine rings is 1. The zero-order valence-corrected chi connectivity index (χ0v) is 14.8. The molecule has 0 atom stereocenters. The van der Waals surface area contributed by atoms with Crippen molar-refractivity contribution >= 4 is 47.1 Å². The molecule has 3 heterocycles. The number of aromatic nitrogens is 1. The maximum absolute atomic E-state index is 11.6. The fourth-order valence-corrected chi connectivity index (χ4v) is 2.85. The number of furan rings is 1. The summed E-state index contributed by atoms with van der Waals surface area (Å²) in [6.45, 7) is 0.